The normalized spacial score (nSPS) is 12.0. The Morgan fingerprint density at radius 1 is 1.43 bits per heavy atom. The summed E-state index contributed by atoms with van der Waals surface area (Å²) in [4.78, 5) is 1.18. The molecule has 21 heavy (non-hydrogen) atoms. The molecule has 9 heteroatoms. The zero-order valence-corrected chi connectivity index (χ0v) is 15.0. The zero-order chi connectivity index (χ0) is 15.6. The molecule has 0 radical (unpaired) electrons. The molecule has 2 rings (SSSR count). The number of hydrogen-bond acceptors (Lipinski definition) is 5. The van der Waals surface area contributed by atoms with Crippen LogP contribution in [0.2, 0.25) is 0 Å². The summed E-state index contributed by atoms with van der Waals surface area (Å²) in [7, 11) is -3.59. The lowest BCUT2D eigenvalue weighted by atomic mass is 10.4. The molecule has 0 aliphatic heterocycles. The Morgan fingerprint density at radius 2 is 2.14 bits per heavy atom. The van der Waals surface area contributed by atoms with E-state index in [1.165, 1.54) is 11.3 Å². The van der Waals surface area contributed by atoms with E-state index in [4.69, 9.17) is 5.73 Å². The quantitative estimate of drug-likeness (QED) is 0.783. The minimum Gasteiger partial charge on any atom is -0.329 e. The summed E-state index contributed by atoms with van der Waals surface area (Å²) in [6.45, 7) is 4.61. The highest BCUT2D eigenvalue weighted by molar-refractivity contribution is 9.11. The fraction of sp³-hybridized carbons (Fsp3) is 0.417. The molecule has 0 aromatic carbocycles. The summed E-state index contributed by atoms with van der Waals surface area (Å²) in [6, 6.07) is 3.78. The molecule has 2 aromatic heterocycles. The van der Waals surface area contributed by atoms with Gasteiger partial charge in [0.15, 0.2) is 0 Å². The number of aryl methyl sites for hydroxylation is 1. The molecule has 0 unspecified atom stereocenters. The SMILES string of the molecule is Cc1nn(CCN)c(C)c1S(=O)(=O)NCc1ccc(Br)s1. The second-order valence-electron chi connectivity index (χ2n) is 4.54. The van der Waals surface area contributed by atoms with E-state index < -0.39 is 10.0 Å². The van der Waals surface area contributed by atoms with E-state index in [2.05, 4.69) is 25.8 Å². The topological polar surface area (TPSA) is 90.0 Å². The highest BCUT2D eigenvalue weighted by Gasteiger charge is 2.24. The Kier molecular flexibility index (Phi) is 5.20. The van der Waals surface area contributed by atoms with E-state index in [1.54, 1.807) is 18.5 Å². The van der Waals surface area contributed by atoms with Gasteiger partial charge in [-0.05, 0) is 41.9 Å². The van der Waals surface area contributed by atoms with Crippen LogP contribution < -0.4 is 10.5 Å². The fourth-order valence-electron chi connectivity index (χ4n) is 2.09. The van der Waals surface area contributed by atoms with Crippen LogP contribution in [0.4, 0.5) is 0 Å². The summed E-state index contributed by atoms with van der Waals surface area (Å²) >= 11 is 4.86. The van der Waals surface area contributed by atoms with Crippen molar-refractivity contribution < 1.29 is 8.42 Å². The lowest BCUT2D eigenvalue weighted by Gasteiger charge is -2.07. The van der Waals surface area contributed by atoms with E-state index in [0.29, 0.717) is 24.5 Å². The van der Waals surface area contributed by atoms with Crippen LogP contribution in [0.15, 0.2) is 20.8 Å². The van der Waals surface area contributed by atoms with Gasteiger partial charge < -0.3 is 5.73 Å². The van der Waals surface area contributed by atoms with E-state index >= 15 is 0 Å². The molecule has 0 bridgehead atoms. The van der Waals surface area contributed by atoms with Crippen molar-refractivity contribution in [1.82, 2.24) is 14.5 Å². The van der Waals surface area contributed by atoms with Crippen molar-refractivity contribution in [3.8, 4) is 0 Å². The number of hydrogen-bond donors (Lipinski definition) is 2. The molecule has 6 nitrogen and oxygen atoms in total. The molecular formula is C12H17BrN4O2S2. The molecule has 0 saturated heterocycles. The first-order valence-corrected chi connectivity index (χ1v) is 9.42. The lowest BCUT2D eigenvalue weighted by molar-refractivity contribution is 0.577. The van der Waals surface area contributed by atoms with Gasteiger partial charge >= 0.3 is 0 Å². The fourth-order valence-corrected chi connectivity index (χ4v) is 5.02. The third-order valence-corrected chi connectivity index (χ3v) is 6.27. The summed E-state index contributed by atoms with van der Waals surface area (Å²) in [6.07, 6.45) is 0. The standard InChI is InChI=1S/C12H17BrN4O2S2/c1-8-12(9(2)17(16-8)6-5-14)21(18,19)15-7-10-3-4-11(13)20-10/h3-4,15H,5-7,14H2,1-2H3. The Bertz CT molecular complexity index is 737. The molecule has 2 heterocycles. The molecule has 0 aliphatic carbocycles. The largest absolute Gasteiger partial charge is 0.329 e. The van der Waals surface area contributed by atoms with Gasteiger partial charge in [-0.3, -0.25) is 4.68 Å². The van der Waals surface area contributed by atoms with Crippen molar-refractivity contribution in [2.24, 2.45) is 5.73 Å². The number of rotatable bonds is 6. The number of nitrogens with two attached hydrogens (primary N) is 1. The number of nitrogens with one attached hydrogen (secondary N) is 1. The van der Waals surface area contributed by atoms with Crippen molar-refractivity contribution in [3.63, 3.8) is 0 Å². The molecule has 116 valence electrons. The van der Waals surface area contributed by atoms with Crippen LogP contribution >= 0.6 is 27.3 Å². The smallest absolute Gasteiger partial charge is 0.244 e. The summed E-state index contributed by atoms with van der Waals surface area (Å²) in [5.41, 5.74) is 6.60. The van der Waals surface area contributed by atoms with Gasteiger partial charge in [0, 0.05) is 18.0 Å². The van der Waals surface area contributed by atoms with Gasteiger partial charge in [-0.1, -0.05) is 0 Å². The average Bonchev–Trinajstić information content (AvgIpc) is 2.93. The van der Waals surface area contributed by atoms with Gasteiger partial charge in [0.05, 0.1) is 21.7 Å². The first-order chi connectivity index (χ1) is 9.85. The first kappa shape index (κ1) is 16.6. The number of aromatic nitrogens is 2. The Hall–Kier alpha value is -0.740. The maximum atomic E-state index is 12.5. The first-order valence-electron chi connectivity index (χ1n) is 6.33. The van der Waals surface area contributed by atoms with E-state index in [1.807, 2.05) is 12.1 Å². The van der Waals surface area contributed by atoms with Crippen molar-refractivity contribution in [3.05, 3.63) is 32.2 Å². The number of thiophene rings is 1. The number of halogens is 1. The van der Waals surface area contributed by atoms with Gasteiger partial charge in [-0.2, -0.15) is 5.10 Å². The van der Waals surface area contributed by atoms with Gasteiger partial charge in [0.25, 0.3) is 0 Å². The number of sulfonamides is 1. The maximum Gasteiger partial charge on any atom is 0.244 e. The Morgan fingerprint density at radius 3 is 2.71 bits per heavy atom. The predicted octanol–water partition coefficient (Wildman–Crippen LogP) is 1.76. The summed E-state index contributed by atoms with van der Waals surface area (Å²) in [5, 5.41) is 4.24. The maximum absolute atomic E-state index is 12.5. The lowest BCUT2D eigenvalue weighted by Crippen LogP contribution is -2.24. The number of nitrogens with zero attached hydrogens (tertiary/aromatic N) is 2. The van der Waals surface area contributed by atoms with Gasteiger partial charge in [-0.15, -0.1) is 11.3 Å². The molecule has 3 N–H and O–H groups in total. The molecule has 2 aromatic rings. The summed E-state index contributed by atoms with van der Waals surface area (Å²) < 4.78 is 30.2. The van der Waals surface area contributed by atoms with Crippen LogP contribution in [0.5, 0.6) is 0 Å². The summed E-state index contributed by atoms with van der Waals surface area (Å²) in [5.74, 6) is 0. The predicted molar refractivity (Wildman–Crippen MR) is 86.8 cm³/mol. The van der Waals surface area contributed by atoms with Crippen LogP contribution in [-0.4, -0.2) is 24.7 Å². The third-order valence-electron chi connectivity index (χ3n) is 2.99. The third kappa shape index (κ3) is 3.72. The monoisotopic (exact) mass is 392 g/mol. The highest BCUT2D eigenvalue weighted by Crippen LogP contribution is 2.23. The Labute approximate surface area is 136 Å². The van der Waals surface area contributed by atoms with Crippen LogP contribution in [0.3, 0.4) is 0 Å². The minimum atomic E-state index is -3.59. The Balaban J connectivity index is 2.23. The molecule has 0 amide bonds. The molecule has 0 spiro atoms. The van der Waals surface area contributed by atoms with Gasteiger partial charge in [0.1, 0.15) is 4.90 Å². The second kappa shape index (κ2) is 6.57. The van der Waals surface area contributed by atoms with Crippen LogP contribution in [0, 0.1) is 13.8 Å². The molecule has 0 fully saturated rings. The average molecular weight is 393 g/mol. The van der Waals surface area contributed by atoms with E-state index in [-0.39, 0.29) is 11.4 Å². The van der Waals surface area contributed by atoms with E-state index in [0.717, 1.165) is 8.66 Å². The van der Waals surface area contributed by atoms with Crippen LogP contribution in [0.1, 0.15) is 16.3 Å². The van der Waals surface area contributed by atoms with Gasteiger partial charge in [-0.25, -0.2) is 13.1 Å². The zero-order valence-electron chi connectivity index (χ0n) is 11.8. The van der Waals surface area contributed by atoms with Crippen molar-refractivity contribution in [2.45, 2.75) is 31.8 Å². The minimum absolute atomic E-state index is 0.242. The molecular weight excluding hydrogens is 376 g/mol. The van der Waals surface area contributed by atoms with Crippen molar-refractivity contribution in [2.75, 3.05) is 6.54 Å². The highest BCUT2D eigenvalue weighted by atomic mass is 79.9. The molecule has 0 atom stereocenters. The van der Waals surface area contributed by atoms with Crippen LogP contribution in [0.25, 0.3) is 0 Å². The molecule has 0 saturated carbocycles. The second-order valence-corrected chi connectivity index (χ2v) is 8.79. The van der Waals surface area contributed by atoms with Crippen molar-refractivity contribution in [1.29, 1.82) is 0 Å². The molecule has 0 aliphatic rings. The van der Waals surface area contributed by atoms with Gasteiger partial charge in [0.2, 0.25) is 10.0 Å². The van der Waals surface area contributed by atoms with Crippen molar-refractivity contribution >= 4 is 37.3 Å². The van der Waals surface area contributed by atoms with Crippen LogP contribution in [-0.2, 0) is 23.1 Å². The van der Waals surface area contributed by atoms with E-state index in [9.17, 15) is 8.42 Å².